The van der Waals surface area contributed by atoms with Crippen molar-refractivity contribution in [2.24, 2.45) is 0 Å². The zero-order valence-electron chi connectivity index (χ0n) is 16.7. The van der Waals surface area contributed by atoms with Crippen molar-refractivity contribution in [1.82, 2.24) is 0 Å². The van der Waals surface area contributed by atoms with Crippen LogP contribution in [0.15, 0.2) is 24.3 Å². The van der Waals surface area contributed by atoms with E-state index in [0.717, 1.165) is 17.3 Å². The normalized spacial score (nSPS) is 14.2. The van der Waals surface area contributed by atoms with Gasteiger partial charge >= 0.3 is 5.97 Å². The Kier molecular flexibility index (Phi) is 8.20. The lowest BCUT2D eigenvalue weighted by Crippen LogP contribution is -3.13. The van der Waals surface area contributed by atoms with Crippen molar-refractivity contribution in [2.45, 2.75) is 19.3 Å². The van der Waals surface area contributed by atoms with Crippen LogP contribution in [0.3, 0.4) is 0 Å². The van der Waals surface area contributed by atoms with Crippen LogP contribution < -0.4 is 31.5 Å². The van der Waals surface area contributed by atoms with Gasteiger partial charge in [-0.05, 0) is 48.9 Å². The second-order valence-corrected chi connectivity index (χ2v) is 6.78. The number of piperidine rings is 1. The van der Waals surface area contributed by atoms with Crippen molar-refractivity contribution in [2.75, 3.05) is 47.6 Å². The molecule has 0 bridgehead atoms. The molecular weight excluding hydrogens is 382 g/mol. The topological polar surface area (TPSA) is 58.4 Å². The summed E-state index contributed by atoms with van der Waals surface area (Å²) in [7, 11) is 4.73. The third kappa shape index (κ3) is 4.80. The number of likely N-dealkylation sites (tertiary alicyclic amines) is 1. The quantitative estimate of drug-likeness (QED) is 0.600. The van der Waals surface area contributed by atoms with E-state index in [1.807, 2.05) is 12.1 Å². The molecule has 1 saturated heterocycles. The van der Waals surface area contributed by atoms with E-state index >= 15 is 0 Å². The van der Waals surface area contributed by atoms with Gasteiger partial charge in [-0.3, -0.25) is 0 Å². The SMILES string of the molecule is COc1cc2cc(C(=O)OCC[NH+]3CCCCC3)ccc2c(OC)c1OC.[Cl-]. The van der Waals surface area contributed by atoms with Crippen LogP contribution in [0.2, 0.25) is 0 Å². The second kappa shape index (κ2) is 10.4. The second-order valence-electron chi connectivity index (χ2n) is 6.78. The molecule has 0 unspecified atom stereocenters. The van der Waals surface area contributed by atoms with E-state index in [0.29, 0.717) is 29.4 Å². The summed E-state index contributed by atoms with van der Waals surface area (Å²) >= 11 is 0. The maximum atomic E-state index is 12.4. The predicted octanol–water partition coefficient (Wildman–Crippen LogP) is -0.905. The van der Waals surface area contributed by atoms with Crippen molar-refractivity contribution in [3.05, 3.63) is 29.8 Å². The first-order valence-electron chi connectivity index (χ1n) is 9.41. The lowest BCUT2D eigenvalue weighted by molar-refractivity contribution is -0.905. The number of halogens is 1. The Morgan fingerprint density at radius 2 is 1.68 bits per heavy atom. The summed E-state index contributed by atoms with van der Waals surface area (Å²) in [5.74, 6) is 1.37. The average molecular weight is 410 g/mol. The van der Waals surface area contributed by atoms with E-state index in [2.05, 4.69) is 0 Å². The minimum absolute atomic E-state index is 0. The Morgan fingerprint density at radius 3 is 2.32 bits per heavy atom. The van der Waals surface area contributed by atoms with Gasteiger partial charge in [0.1, 0.15) is 13.2 Å². The van der Waals surface area contributed by atoms with Gasteiger partial charge in [0.2, 0.25) is 5.75 Å². The van der Waals surface area contributed by atoms with Gasteiger partial charge in [-0.1, -0.05) is 0 Å². The highest BCUT2D eigenvalue weighted by Gasteiger charge is 2.18. The monoisotopic (exact) mass is 409 g/mol. The first-order chi connectivity index (χ1) is 13.2. The molecule has 6 nitrogen and oxygen atoms in total. The van der Waals surface area contributed by atoms with Crippen LogP contribution in [0.5, 0.6) is 17.2 Å². The largest absolute Gasteiger partial charge is 1.00 e. The van der Waals surface area contributed by atoms with Crippen LogP contribution in [0, 0.1) is 0 Å². The van der Waals surface area contributed by atoms with E-state index in [1.54, 1.807) is 33.5 Å². The highest BCUT2D eigenvalue weighted by molar-refractivity contribution is 5.99. The summed E-state index contributed by atoms with van der Waals surface area (Å²) in [6.07, 6.45) is 3.85. The van der Waals surface area contributed by atoms with Crippen molar-refractivity contribution in [3.63, 3.8) is 0 Å². The number of rotatable bonds is 7. The van der Waals surface area contributed by atoms with Crippen LogP contribution in [0.1, 0.15) is 29.6 Å². The molecule has 7 heteroatoms. The molecular formula is C21H28ClNO5. The number of nitrogens with one attached hydrogen (secondary N) is 1. The molecule has 0 aliphatic carbocycles. The van der Waals surface area contributed by atoms with Gasteiger partial charge in [0, 0.05) is 5.39 Å². The van der Waals surface area contributed by atoms with Gasteiger partial charge in [-0.15, -0.1) is 0 Å². The van der Waals surface area contributed by atoms with E-state index in [4.69, 9.17) is 18.9 Å². The van der Waals surface area contributed by atoms with Gasteiger partial charge in [0.25, 0.3) is 0 Å². The summed E-state index contributed by atoms with van der Waals surface area (Å²) in [4.78, 5) is 14.0. The minimum atomic E-state index is -0.304. The maximum absolute atomic E-state index is 12.4. The number of fused-ring (bicyclic) bond motifs is 1. The molecule has 0 amide bonds. The number of quaternary nitrogens is 1. The molecule has 154 valence electrons. The third-order valence-corrected chi connectivity index (χ3v) is 5.13. The number of ether oxygens (including phenoxy) is 4. The molecule has 1 aliphatic rings. The van der Waals surface area contributed by atoms with E-state index in [-0.39, 0.29) is 18.4 Å². The highest BCUT2D eigenvalue weighted by Crippen LogP contribution is 2.43. The molecule has 3 rings (SSSR count). The van der Waals surface area contributed by atoms with Crippen molar-refractivity contribution >= 4 is 16.7 Å². The molecule has 2 aromatic carbocycles. The van der Waals surface area contributed by atoms with Gasteiger partial charge in [0.05, 0.1) is 40.0 Å². The molecule has 0 atom stereocenters. The molecule has 1 heterocycles. The minimum Gasteiger partial charge on any atom is -1.00 e. The number of benzene rings is 2. The maximum Gasteiger partial charge on any atom is 0.338 e. The summed E-state index contributed by atoms with van der Waals surface area (Å²) in [6.45, 7) is 3.67. The number of carbonyl (C=O) groups excluding carboxylic acids is 1. The van der Waals surface area contributed by atoms with Crippen LogP contribution >= 0.6 is 0 Å². The fraction of sp³-hybridized carbons (Fsp3) is 0.476. The Hall–Kier alpha value is -2.18. The summed E-state index contributed by atoms with van der Waals surface area (Å²) in [6, 6.07) is 7.25. The molecule has 28 heavy (non-hydrogen) atoms. The lowest BCUT2D eigenvalue weighted by Gasteiger charge is -2.23. The number of carbonyl (C=O) groups is 1. The zero-order chi connectivity index (χ0) is 19.2. The van der Waals surface area contributed by atoms with E-state index in [9.17, 15) is 4.79 Å². The van der Waals surface area contributed by atoms with Crippen LogP contribution in [-0.2, 0) is 4.74 Å². The average Bonchev–Trinajstić information content (AvgIpc) is 2.72. The number of hydrogen-bond acceptors (Lipinski definition) is 5. The smallest absolute Gasteiger partial charge is 0.338 e. The number of esters is 1. The van der Waals surface area contributed by atoms with Crippen LogP contribution in [-0.4, -0.2) is 53.5 Å². The number of hydrogen-bond donors (Lipinski definition) is 1. The Labute approximate surface area is 172 Å². The molecule has 0 spiro atoms. The molecule has 0 saturated carbocycles. The molecule has 1 N–H and O–H groups in total. The van der Waals surface area contributed by atoms with Crippen LogP contribution in [0.25, 0.3) is 10.8 Å². The molecule has 1 fully saturated rings. The van der Waals surface area contributed by atoms with Crippen LogP contribution in [0.4, 0.5) is 0 Å². The fourth-order valence-corrected chi connectivity index (χ4v) is 3.68. The Morgan fingerprint density at radius 1 is 0.964 bits per heavy atom. The summed E-state index contributed by atoms with van der Waals surface area (Å²) in [5, 5.41) is 1.69. The van der Waals surface area contributed by atoms with Crippen molar-refractivity contribution in [1.29, 1.82) is 0 Å². The van der Waals surface area contributed by atoms with Crippen molar-refractivity contribution in [3.8, 4) is 17.2 Å². The van der Waals surface area contributed by atoms with E-state index < -0.39 is 0 Å². The predicted molar refractivity (Wildman–Crippen MR) is 103 cm³/mol. The first-order valence-corrected chi connectivity index (χ1v) is 9.41. The van der Waals surface area contributed by atoms with Gasteiger partial charge in [-0.25, -0.2) is 4.79 Å². The van der Waals surface area contributed by atoms with Gasteiger partial charge in [0.15, 0.2) is 11.5 Å². The molecule has 1 aliphatic heterocycles. The van der Waals surface area contributed by atoms with E-state index in [1.165, 1.54) is 37.3 Å². The summed E-state index contributed by atoms with van der Waals surface area (Å²) in [5.41, 5.74) is 0.519. The zero-order valence-corrected chi connectivity index (χ0v) is 17.4. The Balaban J connectivity index is 0.00000280. The van der Waals surface area contributed by atoms with Gasteiger partial charge < -0.3 is 36.3 Å². The fourth-order valence-electron chi connectivity index (χ4n) is 3.68. The molecule has 0 aromatic heterocycles. The molecule has 2 aromatic rings. The Bertz CT molecular complexity index is 805. The lowest BCUT2D eigenvalue weighted by atomic mass is 10.0. The molecule has 0 radical (unpaired) electrons. The highest BCUT2D eigenvalue weighted by atomic mass is 35.5. The number of methoxy groups -OCH3 is 3. The first kappa shape index (κ1) is 22.1. The third-order valence-electron chi connectivity index (χ3n) is 5.13. The standard InChI is InChI=1S/C21H27NO5.ClH/c1-24-18-14-16-13-15(7-8-17(16)19(25-2)20(18)26-3)21(23)27-12-11-22-9-5-4-6-10-22;/h7-8,13-14H,4-6,9-12H2,1-3H3;1H. The van der Waals surface area contributed by atoms with Crippen molar-refractivity contribution < 1.29 is 41.0 Å². The summed E-state index contributed by atoms with van der Waals surface area (Å²) < 4.78 is 21.8. The van der Waals surface area contributed by atoms with Gasteiger partial charge in [-0.2, -0.15) is 0 Å².